The van der Waals surface area contributed by atoms with E-state index >= 15 is 0 Å². The lowest BCUT2D eigenvalue weighted by Crippen LogP contribution is -2.31. The zero-order valence-electron chi connectivity index (χ0n) is 24.3. The number of hydrogen-bond donors (Lipinski definition) is 0. The molecule has 0 aliphatic carbocycles. The van der Waals surface area contributed by atoms with E-state index in [4.69, 9.17) is 23.7 Å². The van der Waals surface area contributed by atoms with E-state index in [1.807, 2.05) is 24.3 Å². The van der Waals surface area contributed by atoms with Crippen LogP contribution in [0.4, 0.5) is 0 Å². The van der Waals surface area contributed by atoms with Crippen molar-refractivity contribution in [2.75, 3.05) is 6.79 Å². The van der Waals surface area contributed by atoms with Gasteiger partial charge in [-0.1, -0.05) is 63.6 Å². The largest absolute Gasteiger partial charge is 0.487 e. The summed E-state index contributed by atoms with van der Waals surface area (Å²) in [6.07, 6.45) is 5.96. The minimum atomic E-state index is -0.554. The molecule has 0 aromatic heterocycles. The second kappa shape index (κ2) is 15.4. The van der Waals surface area contributed by atoms with Crippen molar-refractivity contribution in [1.82, 2.24) is 0 Å². The molecule has 1 saturated heterocycles. The summed E-state index contributed by atoms with van der Waals surface area (Å²) in [4.78, 5) is 35.8. The van der Waals surface area contributed by atoms with Crippen molar-refractivity contribution in [3.05, 3.63) is 103 Å². The monoisotopic (exact) mass is 584 g/mol. The molecular weight excluding hydrogens is 548 g/mol. The van der Waals surface area contributed by atoms with Crippen molar-refractivity contribution in [2.24, 2.45) is 0 Å². The lowest BCUT2D eigenvalue weighted by atomic mass is 10.0. The van der Waals surface area contributed by atoms with E-state index in [0.29, 0.717) is 34.8 Å². The second-order valence-corrected chi connectivity index (χ2v) is 10.1. The molecule has 8 nitrogen and oxygen atoms in total. The third-order valence-corrected chi connectivity index (χ3v) is 6.97. The second-order valence-electron chi connectivity index (χ2n) is 10.1. The zero-order valence-corrected chi connectivity index (χ0v) is 24.3. The third-order valence-electron chi connectivity index (χ3n) is 6.97. The van der Waals surface area contributed by atoms with E-state index in [9.17, 15) is 14.4 Å². The Balaban J connectivity index is 1.31. The first kappa shape index (κ1) is 31.1. The topological polar surface area (TPSA) is 97.4 Å². The quantitative estimate of drug-likeness (QED) is 0.0607. The summed E-state index contributed by atoms with van der Waals surface area (Å²) in [5, 5.41) is 0. The van der Waals surface area contributed by atoms with Gasteiger partial charge in [-0.05, 0) is 72.5 Å². The molecule has 0 amide bonds. The van der Waals surface area contributed by atoms with Gasteiger partial charge in [0, 0.05) is 18.1 Å². The lowest BCUT2D eigenvalue weighted by Gasteiger charge is -2.24. The average molecular weight is 585 g/mol. The summed E-state index contributed by atoms with van der Waals surface area (Å²) in [5.74, 6) is 0.138. The highest BCUT2D eigenvalue weighted by molar-refractivity contribution is 5.91. The number of ether oxygens (including phenoxy) is 5. The van der Waals surface area contributed by atoms with E-state index in [0.717, 1.165) is 49.3 Å². The van der Waals surface area contributed by atoms with Crippen LogP contribution in [0, 0.1) is 0 Å². The average Bonchev–Trinajstić information content (AvgIpc) is 3.37. The van der Waals surface area contributed by atoms with Crippen LogP contribution >= 0.6 is 0 Å². The number of unbranched alkanes of at least 4 members (excludes halogenated alkanes) is 3. The van der Waals surface area contributed by atoms with Crippen molar-refractivity contribution in [2.45, 2.75) is 57.7 Å². The highest BCUT2D eigenvalue weighted by Crippen LogP contribution is 2.29. The number of carbonyl (C=O) groups excluding carboxylic acids is 3. The number of hydrogen-bond acceptors (Lipinski definition) is 8. The van der Waals surface area contributed by atoms with E-state index in [-0.39, 0.29) is 25.0 Å². The van der Waals surface area contributed by atoms with Gasteiger partial charge in [0.25, 0.3) is 0 Å². The molecule has 224 valence electrons. The van der Waals surface area contributed by atoms with Crippen LogP contribution in [-0.2, 0) is 19.1 Å². The van der Waals surface area contributed by atoms with Gasteiger partial charge in [-0.25, -0.2) is 14.4 Å². The minimum absolute atomic E-state index is 0.201. The minimum Gasteiger partial charge on any atom is -0.487 e. The summed E-state index contributed by atoms with van der Waals surface area (Å²) in [7, 11) is 0. The number of benzene rings is 3. The Morgan fingerprint density at radius 2 is 1.53 bits per heavy atom. The van der Waals surface area contributed by atoms with Gasteiger partial charge >= 0.3 is 17.9 Å². The van der Waals surface area contributed by atoms with E-state index in [2.05, 4.69) is 20.1 Å². The molecule has 1 heterocycles. The van der Waals surface area contributed by atoms with E-state index in [1.165, 1.54) is 0 Å². The van der Waals surface area contributed by atoms with Crippen molar-refractivity contribution >= 4 is 17.9 Å². The maximum absolute atomic E-state index is 12.8. The summed E-state index contributed by atoms with van der Waals surface area (Å²) >= 11 is 0. The Morgan fingerprint density at radius 1 is 0.907 bits per heavy atom. The molecule has 1 aliphatic rings. The van der Waals surface area contributed by atoms with Gasteiger partial charge in [0.05, 0.1) is 5.56 Å². The summed E-state index contributed by atoms with van der Waals surface area (Å²) in [6.45, 7) is 9.08. The van der Waals surface area contributed by atoms with E-state index < -0.39 is 11.9 Å². The molecule has 1 aliphatic heterocycles. The molecule has 3 aromatic carbocycles. The van der Waals surface area contributed by atoms with Crippen LogP contribution in [0.3, 0.4) is 0 Å². The fourth-order valence-corrected chi connectivity index (χ4v) is 4.57. The first-order chi connectivity index (χ1) is 20.9. The van der Waals surface area contributed by atoms with Crippen LogP contribution in [-0.4, -0.2) is 36.9 Å². The standard InChI is InChI=1S/C35H36O8/c1-4-6-7-8-9-31(32-22-24(3)34(37)43-32)41-29-20-14-27(15-21-29)35(38)42-30-18-12-26(13-19-30)25-10-16-28(17-11-25)39-23-40-33(36)5-2/h5,10-21,31-32H,2-4,6-9,22-23H2,1H3. The molecule has 0 N–H and O–H groups in total. The van der Waals surface area contributed by atoms with Crippen LogP contribution in [0.1, 0.15) is 55.8 Å². The molecular formula is C35H36O8. The molecule has 0 bridgehead atoms. The first-order valence-corrected chi connectivity index (χ1v) is 14.4. The molecule has 0 radical (unpaired) electrons. The van der Waals surface area contributed by atoms with Gasteiger partial charge in [-0.15, -0.1) is 0 Å². The molecule has 43 heavy (non-hydrogen) atoms. The highest BCUT2D eigenvalue weighted by atomic mass is 16.7. The summed E-state index contributed by atoms with van der Waals surface area (Å²) < 4.78 is 27.5. The number of carbonyl (C=O) groups is 3. The number of rotatable bonds is 15. The van der Waals surface area contributed by atoms with Crippen LogP contribution < -0.4 is 14.2 Å². The Bertz CT molecular complexity index is 1390. The normalized spacial score (nSPS) is 14.9. The molecule has 8 heteroatoms. The van der Waals surface area contributed by atoms with Crippen LogP contribution in [0.2, 0.25) is 0 Å². The molecule has 2 atom stereocenters. The van der Waals surface area contributed by atoms with E-state index in [1.54, 1.807) is 48.5 Å². The summed E-state index contributed by atoms with van der Waals surface area (Å²) in [5.41, 5.74) is 2.70. The fraction of sp³-hybridized carbons (Fsp3) is 0.286. The predicted molar refractivity (Wildman–Crippen MR) is 162 cm³/mol. The molecule has 1 fully saturated rings. The molecule has 0 saturated carbocycles. The number of esters is 3. The Labute approximate surface area is 251 Å². The maximum atomic E-state index is 12.8. The molecule has 4 rings (SSSR count). The van der Waals surface area contributed by atoms with Crippen molar-refractivity contribution in [1.29, 1.82) is 0 Å². The Kier molecular flexibility index (Phi) is 11.1. The molecule has 3 aromatic rings. The SMILES string of the molecule is C=CC(=O)OCOc1ccc(-c2ccc(OC(=O)c3ccc(OC(CCCCCC)C4CC(=C)C(=O)O4)cc3)cc2)cc1. The zero-order chi connectivity index (χ0) is 30.6. The Morgan fingerprint density at radius 3 is 2.12 bits per heavy atom. The molecule has 2 unspecified atom stereocenters. The van der Waals surface area contributed by atoms with Crippen LogP contribution in [0.5, 0.6) is 17.2 Å². The number of cyclic esters (lactones) is 1. The lowest BCUT2D eigenvalue weighted by molar-refractivity contribution is -0.144. The van der Waals surface area contributed by atoms with Gasteiger partial charge in [-0.3, -0.25) is 0 Å². The van der Waals surface area contributed by atoms with Crippen LogP contribution in [0.15, 0.2) is 97.6 Å². The van der Waals surface area contributed by atoms with Crippen molar-refractivity contribution in [3.63, 3.8) is 0 Å². The van der Waals surface area contributed by atoms with Gasteiger partial charge in [0.2, 0.25) is 6.79 Å². The first-order valence-electron chi connectivity index (χ1n) is 14.4. The van der Waals surface area contributed by atoms with Crippen molar-refractivity contribution in [3.8, 4) is 28.4 Å². The van der Waals surface area contributed by atoms with Gasteiger partial charge in [0.15, 0.2) is 0 Å². The maximum Gasteiger partial charge on any atom is 0.343 e. The highest BCUT2D eigenvalue weighted by Gasteiger charge is 2.35. The smallest absolute Gasteiger partial charge is 0.343 e. The third kappa shape index (κ3) is 9.07. The van der Waals surface area contributed by atoms with Gasteiger partial charge < -0.3 is 23.7 Å². The molecule has 0 spiro atoms. The van der Waals surface area contributed by atoms with Gasteiger partial charge in [-0.2, -0.15) is 0 Å². The van der Waals surface area contributed by atoms with Gasteiger partial charge in [0.1, 0.15) is 29.5 Å². The fourth-order valence-electron chi connectivity index (χ4n) is 4.57. The van der Waals surface area contributed by atoms with Crippen LogP contribution in [0.25, 0.3) is 11.1 Å². The predicted octanol–water partition coefficient (Wildman–Crippen LogP) is 7.23. The summed E-state index contributed by atoms with van der Waals surface area (Å²) in [6, 6.07) is 21.2. The Hall–Kier alpha value is -4.85. The van der Waals surface area contributed by atoms with Crippen molar-refractivity contribution < 1.29 is 38.1 Å².